The van der Waals surface area contributed by atoms with E-state index in [-0.39, 0.29) is 0 Å². The van der Waals surface area contributed by atoms with E-state index in [1.165, 1.54) is 57.8 Å². The topological polar surface area (TPSA) is 18.5 Å². The summed E-state index contributed by atoms with van der Waals surface area (Å²) in [5.74, 6) is 5.84. The number of hydrogen-bond donors (Lipinski definition) is 0. The summed E-state index contributed by atoms with van der Waals surface area (Å²) in [6.45, 7) is 3.07. The molecular weight excluding hydrogens is 272 g/mol. The fourth-order valence-electron chi connectivity index (χ4n) is 7.15. The summed E-state index contributed by atoms with van der Waals surface area (Å²) in [5.41, 5.74) is 0. The highest BCUT2D eigenvalue weighted by Gasteiger charge is 2.54. The molecule has 0 saturated heterocycles. The summed E-state index contributed by atoms with van der Waals surface area (Å²) in [7, 11) is 0. The fraction of sp³-hybridized carbons (Fsp3) is 1.00. The lowest BCUT2D eigenvalue weighted by Crippen LogP contribution is -2.34. The molecule has 0 aromatic heterocycles. The number of hydrogen-bond acceptors (Lipinski definition) is 2. The lowest BCUT2D eigenvalue weighted by atomic mass is 9.80. The van der Waals surface area contributed by atoms with Crippen LogP contribution in [0.15, 0.2) is 0 Å². The van der Waals surface area contributed by atoms with Crippen LogP contribution in [0.3, 0.4) is 0 Å². The summed E-state index contributed by atoms with van der Waals surface area (Å²) >= 11 is 0. The van der Waals surface area contributed by atoms with Gasteiger partial charge in [-0.1, -0.05) is 6.42 Å². The van der Waals surface area contributed by atoms with Crippen LogP contribution in [0.4, 0.5) is 0 Å². The van der Waals surface area contributed by atoms with Crippen molar-refractivity contribution in [1.82, 2.24) is 0 Å². The van der Waals surface area contributed by atoms with Crippen LogP contribution in [-0.2, 0) is 9.47 Å². The maximum Gasteiger partial charge on any atom is 0.0784 e. The van der Waals surface area contributed by atoms with Gasteiger partial charge in [0, 0.05) is 0 Å². The van der Waals surface area contributed by atoms with Crippen molar-refractivity contribution < 1.29 is 9.47 Å². The van der Waals surface area contributed by atoms with Crippen molar-refractivity contribution in [2.75, 3.05) is 6.61 Å². The first-order valence-corrected chi connectivity index (χ1v) is 10.0. The monoisotopic (exact) mass is 304 g/mol. The van der Waals surface area contributed by atoms with Gasteiger partial charge in [0.25, 0.3) is 0 Å². The van der Waals surface area contributed by atoms with Gasteiger partial charge in [0.15, 0.2) is 0 Å². The molecular formula is C20H32O2. The Morgan fingerprint density at radius 1 is 0.818 bits per heavy atom. The van der Waals surface area contributed by atoms with E-state index in [0.29, 0.717) is 18.3 Å². The second kappa shape index (κ2) is 5.48. The molecule has 9 atom stereocenters. The van der Waals surface area contributed by atoms with Gasteiger partial charge in [-0.2, -0.15) is 0 Å². The van der Waals surface area contributed by atoms with E-state index >= 15 is 0 Å². The molecule has 5 rings (SSSR count). The van der Waals surface area contributed by atoms with Crippen LogP contribution in [0.25, 0.3) is 0 Å². The van der Waals surface area contributed by atoms with Gasteiger partial charge in [-0.05, 0) is 93.8 Å². The molecule has 2 nitrogen and oxygen atoms in total. The standard InChI is InChI=1S/C20H32O2/c1-12(22-19-8-13-5-6-14(19)7-13)11-21-20-10-15-9-18(20)17-4-2-3-16(15)17/h12-20H,2-11H2,1H3. The van der Waals surface area contributed by atoms with E-state index in [1.807, 2.05) is 0 Å². The van der Waals surface area contributed by atoms with Crippen molar-refractivity contribution in [3.8, 4) is 0 Å². The normalized spacial score (nSPS) is 53.3. The lowest BCUT2D eigenvalue weighted by Gasteiger charge is -2.33. The minimum absolute atomic E-state index is 0.294. The van der Waals surface area contributed by atoms with Gasteiger partial charge >= 0.3 is 0 Å². The molecule has 0 radical (unpaired) electrons. The fourth-order valence-corrected chi connectivity index (χ4v) is 7.15. The van der Waals surface area contributed by atoms with Crippen molar-refractivity contribution in [3.05, 3.63) is 0 Å². The molecule has 0 aliphatic heterocycles. The van der Waals surface area contributed by atoms with Crippen LogP contribution in [0, 0.1) is 35.5 Å². The van der Waals surface area contributed by atoms with Crippen LogP contribution in [-0.4, -0.2) is 24.9 Å². The molecule has 4 bridgehead atoms. The first-order valence-electron chi connectivity index (χ1n) is 10.0. The third-order valence-corrected chi connectivity index (χ3v) is 7.99. The SMILES string of the molecule is CC(COC1CC2CC1C1CCCC21)OC1CC2CCC1C2. The molecule has 0 heterocycles. The van der Waals surface area contributed by atoms with Crippen molar-refractivity contribution in [3.63, 3.8) is 0 Å². The smallest absolute Gasteiger partial charge is 0.0784 e. The van der Waals surface area contributed by atoms with Crippen LogP contribution >= 0.6 is 0 Å². The van der Waals surface area contributed by atoms with Crippen molar-refractivity contribution in [2.24, 2.45) is 35.5 Å². The van der Waals surface area contributed by atoms with Crippen molar-refractivity contribution in [1.29, 1.82) is 0 Å². The molecule has 2 heteroatoms. The van der Waals surface area contributed by atoms with E-state index in [0.717, 1.165) is 42.1 Å². The van der Waals surface area contributed by atoms with Gasteiger partial charge in [-0.25, -0.2) is 0 Å². The zero-order valence-corrected chi connectivity index (χ0v) is 14.1. The Kier molecular flexibility index (Phi) is 3.56. The Morgan fingerprint density at radius 2 is 1.73 bits per heavy atom. The number of rotatable bonds is 5. The zero-order chi connectivity index (χ0) is 14.7. The lowest BCUT2D eigenvalue weighted by molar-refractivity contribution is -0.0963. The van der Waals surface area contributed by atoms with E-state index in [1.54, 1.807) is 0 Å². The highest BCUT2D eigenvalue weighted by Crippen LogP contribution is 2.59. The van der Waals surface area contributed by atoms with Crippen LogP contribution < -0.4 is 0 Å². The van der Waals surface area contributed by atoms with Gasteiger partial charge < -0.3 is 9.47 Å². The summed E-state index contributed by atoms with van der Waals surface area (Å²) in [6.07, 6.45) is 14.4. The second-order valence-corrected chi connectivity index (χ2v) is 9.19. The molecule has 9 unspecified atom stereocenters. The number of fused-ring (bicyclic) bond motifs is 7. The third-order valence-electron chi connectivity index (χ3n) is 7.99. The molecule has 5 fully saturated rings. The third kappa shape index (κ3) is 2.28. The molecule has 0 spiro atoms. The first-order chi connectivity index (χ1) is 10.8. The highest BCUT2D eigenvalue weighted by atomic mass is 16.5. The molecule has 0 aromatic rings. The molecule has 22 heavy (non-hydrogen) atoms. The summed E-state index contributed by atoms with van der Waals surface area (Å²) in [6, 6.07) is 0. The molecule has 124 valence electrons. The van der Waals surface area contributed by atoms with Crippen molar-refractivity contribution in [2.45, 2.75) is 83.0 Å². The summed E-state index contributed by atoms with van der Waals surface area (Å²) in [4.78, 5) is 0. The van der Waals surface area contributed by atoms with Crippen LogP contribution in [0.5, 0.6) is 0 Å². The molecule has 5 aliphatic rings. The quantitative estimate of drug-likeness (QED) is 0.748. The van der Waals surface area contributed by atoms with E-state index < -0.39 is 0 Å². The molecule has 5 aliphatic carbocycles. The molecule has 0 amide bonds. The highest BCUT2D eigenvalue weighted by molar-refractivity contribution is 5.03. The predicted octanol–water partition coefficient (Wildman–Crippen LogP) is 4.42. The maximum atomic E-state index is 6.37. The van der Waals surface area contributed by atoms with Crippen LogP contribution in [0.1, 0.15) is 64.7 Å². The van der Waals surface area contributed by atoms with Gasteiger partial charge in [0.2, 0.25) is 0 Å². The largest absolute Gasteiger partial charge is 0.375 e. The first kappa shape index (κ1) is 14.3. The van der Waals surface area contributed by atoms with E-state index in [4.69, 9.17) is 9.47 Å². The minimum atomic E-state index is 0.294. The summed E-state index contributed by atoms with van der Waals surface area (Å²) in [5, 5.41) is 0. The van der Waals surface area contributed by atoms with Crippen LogP contribution in [0.2, 0.25) is 0 Å². The Labute approximate surface area is 135 Å². The zero-order valence-electron chi connectivity index (χ0n) is 14.1. The Bertz CT molecular complexity index is 422. The molecule has 0 N–H and O–H groups in total. The summed E-state index contributed by atoms with van der Waals surface area (Å²) < 4.78 is 12.7. The van der Waals surface area contributed by atoms with Gasteiger partial charge in [-0.3, -0.25) is 0 Å². The van der Waals surface area contributed by atoms with Gasteiger partial charge in [0.1, 0.15) is 0 Å². The predicted molar refractivity (Wildman–Crippen MR) is 86.6 cm³/mol. The average molecular weight is 304 g/mol. The van der Waals surface area contributed by atoms with Gasteiger partial charge in [0.05, 0.1) is 24.9 Å². The molecule has 5 saturated carbocycles. The Hall–Kier alpha value is -0.0800. The Balaban J connectivity index is 1.11. The van der Waals surface area contributed by atoms with E-state index in [2.05, 4.69) is 6.92 Å². The minimum Gasteiger partial charge on any atom is -0.375 e. The van der Waals surface area contributed by atoms with Gasteiger partial charge in [-0.15, -0.1) is 0 Å². The second-order valence-electron chi connectivity index (χ2n) is 9.19. The van der Waals surface area contributed by atoms with E-state index in [9.17, 15) is 0 Å². The number of ether oxygens (including phenoxy) is 2. The van der Waals surface area contributed by atoms with Crippen molar-refractivity contribution >= 4 is 0 Å². The molecule has 0 aromatic carbocycles. The Morgan fingerprint density at radius 3 is 2.55 bits per heavy atom. The maximum absolute atomic E-state index is 6.37. The average Bonchev–Trinajstić information content (AvgIpc) is 3.26.